The summed E-state index contributed by atoms with van der Waals surface area (Å²) in [6.07, 6.45) is 0.954. The summed E-state index contributed by atoms with van der Waals surface area (Å²) >= 11 is 0. The summed E-state index contributed by atoms with van der Waals surface area (Å²) in [5, 5.41) is 13.9. The lowest BCUT2D eigenvalue weighted by atomic mass is 10.1. The van der Waals surface area contributed by atoms with Crippen LogP contribution in [0.25, 0.3) is 5.69 Å². The molecule has 1 atom stereocenters. The van der Waals surface area contributed by atoms with Crippen molar-refractivity contribution < 1.29 is 9.50 Å². The van der Waals surface area contributed by atoms with Crippen molar-refractivity contribution in [3.8, 4) is 5.69 Å². The Labute approximate surface area is 112 Å². The number of aliphatic hydroxyl groups excluding tert-OH is 1. The van der Waals surface area contributed by atoms with Gasteiger partial charge in [0.15, 0.2) is 0 Å². The fraction of sp³-hybridized carbons (Fsp3) is 0.400. The van der Waals surface area contributed by atoms with E-state index in [0.29, 0.717) is 11.3 Å². The fourth-order valence-electron chi connectivity index (χ4n) is 2.06. The molecule has 0 amide bonds. The second-order valence-corrected chi connectivity index (χ2v) is 4.63. The van der Waals surface area contributed by atoms with Gasteiger partial charge in [0.25, 0.3) is 0 Å². The van der Waals surface area contributed by atoms with E-state index in [-0.39, 0.29) is 5.82 Å². The summed E-state index contributed by atoms with van der Waals surface area (Å²) in [6, 6.07) is 6.77. The average Bonchev–Trinajstić information content (AvgIpc) is 2.81. The topological polar surface area (TPSA) is 38.0 Å². The standard InChI is InChI=1S/C15H19FN2O/c1-4-12-9-13(5-2)18(17-12)15-7-6-11(10(3)19)8-14(15)16/h6-10,19H,4-5H2,1-3H3. The predicted octanol–water partition coefficient (Wildman–Crippen LogP) is 3.19. The van der Waals surface area contributed by atoms with Gasteiger partial charge in [-0.2, -0.15) is 5.10 Å². The largest absolute Gasteiger partial charge is 0.389 e. The first-order valence-corrected chi connectivity index (χ1v) is 6.62. The Hall–Kier alpha value is -1.68. The van der Waals surface area contributed by atoms with Crippen LogP contribution in [0.4, 0.5) is 4.39 Å². The van der Waals surface area contributed by atoms with Gasteiger partial charge in [-0.25, -0.2) is 9.07 Å². The van der Waals surface area contributed by atoms with Gasteiger partial charge in [0.2, 0.25) is 0 Å². The van der Waals surface area contributed by atoms with Crippen LogP contribution in [0.1, 0.15) is 43.8 Å². The maximum atomic E-state index is 14.2. The first-order chi connectivity index (χ1) is 9.06. The van der Waals surface area contributed by atoms with Crippen molar-refractivity contribution >= 4 is 0 Å². The first kappa shape index (κ1) is 13.7. The molecule has 4 heteroatoms. The van der Waals surface area contributed by atoms with Crippen LogP contribution in [-0.2, 0) is 12.8 Å². The molecule has 0 spiro atoms. The molecule has 1 N–H and O–H groups in total. The Morgan fingerprint density at radius 3 is 2.53 bits per heavy atom. The highest BCUT2D eigenvalue weighted by Gasteiger charge is 2.13. The molecule has 0 aliphatic carbocycles. The molecule has 0 aliphatic heterocycles. The van der Waals surface area contributed by atoms with E-state index in [9.17, 15) is 9.50 Å². The SMILES string of the molecule is CCc1cc(CC)n(-c2ccc(C(C)O)cc2F)n1. The van der Waals surface area contributed by atoms with E-state index in [4.69, 9.17) is 0 Å². The number of hydrogen-bond acceptors (Lipinski definition) is 2. The molecule has 1 unspecified atom stereocenters. The number of aliphatic hydroxyl groups is 1. The highest BCUT2D eigenvalue weighted by molar-refractivity contribution is 5.38. The van der Waals surface area contributed by atoms with Crippen LogP contribution in [0.3, 0.4) is 0 Å². The van der Waals surface area contributed by atoms with Gasteiger partial charge in [-0.1, -0.05) is 19.9 Å². The van der Waals surface area contributed by atoms with Crippen LogP contribution in [0, 0.1) is 5.82 Å². The third-order valence-electron chi connectivity index (χ3n) is 3.24. The lowest BCUT2D eigenvalue weighted by molar-refractivity contribution is 0.199. The van der Waals surface area contributed by atoms with Crippen molar-refractivity contribution in [3.05, 3.63) is 47.0 Å². The first-order valence-electron chi connectivity index (χ1n) is 6.62. The number of rotatable bonds is 4. The van der Waals surface area contributed by atoms with Crippen molar-refractivity contribution in [2.45, 2.75) is 39.7 Å². The van der Waals surface area contributed by atoms with Crippen LogP contribution in [-0.4, -0.2) is 14.9 Å². The van der Waals surface area contributed by atoms with Gasteiger partial charge in [-0.05, 0) is 43.5 Å². The number of halogens is 1. The summed E-state index contributed by atoms with van der Waals surface area (Å²) in [6.45, 7) is 5.67. The normalized spacial score (nSPS) is 12.7. The van der Waals surface area contributed by atoms with Gasteiger partial charge in [-0.3, -0.25) is 0 Å². The van der Waals surface area contributed by atoms with Crippen LogP contribution in [0.15, 0.2) is 24.3 Å². The fourth-order valence-corrected chi connectivity index (χ4v) is 2.06. The summed E-state index contributed by atoms with van der Waals surface area (Å²) in [4.78, 5) is 0. The summed E-state index contributed by atoms with van der Waals surface area (Å²) in [5.41, 5.74) is 2.94. The number of aryl methyl sites for hydroxylation is 2. The summed E-state index contributed by atoms with van der Waals surface area (Å²) in [5.74, 6) is -0.362. The van der Waals surface area contributed by atoms with Crippen molar-refractivity contribution in [2.75, 3.05) is 0 Å². The predicted molar refractivity (Wildman–Crippen MR) is 72.9 cm³/mol. The van der Waals surface area contributed by atoms with Gasteiger partial charge in [-0.15, -0.1) is 0 Å². The molecule has 1 aromatic carbocycles. The monoisotopic (exact) mass is 262 g/mol. The van der Waals surface area contributed by atoms with Gasteiger partial charge >= 0.3 is 0 Å². The zero-order chi connectivity index (χ0) is 14.0. The molecule has 0 aliphatic rings. The molecular weight excluding hydrogens is 243 g/mol. The Morgan fingerprint density at radius 1 is 1.26 bits per heavy atom. The second-order valence-electron chi connectivity index (χ2n) is 4.63. The van der Waals surface area contributed by atoms with E-state index < -0.39 is 6.10 Å². The van der Waals surface area contributed by atoms with Crippen molar-refractivity contribution in [2.24, 2.45) is 0 Å². The summed E-state index contributed by atoms with van der Waals surface area (Å²) in [7, 11) is 0. The third kappa shape index (κ3) is 2.68. The third-order valence-corrected chi connectivity index (χ3v) is 3.24. The van der Waals surface area contributed by atoms with Crippen LogP contribution in [0.5, 0.6) is 0 Å². The molecule has 2 rings (SSSR count). The van der Waals surface area contributed by atoms with Gasteiger partial charge in [0.05, 0.1) is 11.8 Å². The lowest BCUT2D eigenvalue weighted by Gasteiger charge is -2.10. The molecular formula is C15H19FN2O. The average molecular weight is 262 g/mol. The zero-order valence-corrected chi connectivity index (χ0v) is 11.5. The highest BCUT2D eigenvalue weighted by Crippen LogP contribution is 2.21. The van der Waals surface area contributed by atoms with Crippen molar-refractivity contribution in [1.29, 1.82) is 0 Å². The molecule has 0 saturated carbocycles. The summed E-state index contributed by atoms with van der Waals surface area (Å²) < 4.78 is 15.8. The van der Waals surface area contributed by atoms with Crippen LogP contribution < -0.4 is 0 Å². The molecule has 0 saturated heterocycles. The van der Waals surface area contributed by atoms with E-state index in [2.05, 4.69) is 5.10 Å². The Balaban J connectivity index is 2.49. The molecule has 1 aromatic heterocycles. The van der Waals surface area contributed by atoms with Crippen LogP contribution in [0.2, 0.25) is 0 Å². The Morgan fingerprint density at radius 2 is 2.00 bits per heavy atom. The van der Waals surface area contributed by atoms with E-state index in [1.807, 2.05) is 19.9 Å². The molecule has 1 heterocycles. The molecule has 2 aromatic rings. The lowest BCUT2D eigenvalue weighted by Crippen LogP contribution is -2.05. The minimum atomic E-state index is -0.669. The van der Waals surface area contributed by atoms with E-state index in [1.165, 1.54) is 6.07 Å². The number of hydrogen-bond donors (Lipinski definition) is 1. The second kappa shape index (κ2) is 5.53. The van der Waals surface area contributed by atoms with E-state index >= 15 is 0 Å². The minimum absolute atomic E-state index is 0.362. The molecule has 0 bridgehead atoms. The number of nitrogens with zero attached hydrogens (tertiary/aromatic N) is 2. The molecule has 0 fully saturated rings. The Kier molecular flexibility index (Phi) is 4.00. The highest BCUT2D eigenvalue weighted by atomic mass is 19.1. The minimum Gasteiger partial charge on any atom is -0.389 e. The maximum absolute atomic E-state index is 14.2. The quantitative estimate of drug-likeness (QED) is 0.919. The van der Waals surface area contributed by atoms with Gasteiger partial charge in [0.1, 0.15) is 11.5 Å². The van der Waals surface area contributed by atoms with E-state index in [0.717, 1.165) is 24.2 Å². The molecule has 102 valence electrons. The molecule has 3 nitrogen and oxygen atoms in total. The molecule has 0 radical (unpaired) electrons. The van der Waals surface area contributed by atoms with Crippen molar-refractivity contribution in [3.63, 3.8) is 0 Å². The van der Waals surface area contributed by atoms with E-state index in [1.54, 1.807) is 23.7 Å². The smallest absolute Gasteiger partial charge is 0.149 e. The number of benzene rings is 1. The van der Waals surface area contributed by atoms with Gasteiger partial charge < -0.3 is 5.11 Å². The zero-order valence-electron chi connectivity index (χ0n) is 11.5. The molecule has 19 heavy (non-hydrogen) atoms. The number of aromatic nitrogens is 2. The van der Waals surface area contributed by atoms with Gasteiger partial charge in [0, 0.05) is 5.69 Å². The Bertz CT molecular complexity index is 576. The van der Waals surface area contributed by atoms with Crippen molar-refractivity contribution in [1.82, 2.24) is 9.78 Å². The van der Waals surface area contributed by atoms with Crippen LogP contribution >= 0.6 is 0 Å². The maximum Gasteiger partial charge on any atom is 0.149 e.